The highest BCUT2D eigenvalue weighted by molar-refractivity contribution is 7.92. The Balaban J connectivity index is 1.88. The van der Waals surface area contributed by atoms with Gasteiger partial charge in [0.15, 0.2) is 5.84 Å². The Kier molecular flexibility index (Phi) is 4.61. The maximum atomic E-state index is 12.8. The number of sulfonamides is 1. The molecule has 0 radical (unpaired) electrons. The normalized spacial score (nSPS) is 14.9. The second-order valence-corrected chi connectivity index (χ2v) is 8.85. The summed E-state index contributed by atoms with van der Waals surface area (Å²) in [6, 6.07) is 21.0. The highest BCUT2D eigenvalue weighted by Crippen LogP contribution is 2.29. The summed E-state index contributed by atoms with van der Waals surface area (Å²) in [5, 5.41) is 1.75. The lowest BCUT2D eigenvalue weighted by Crippen LogP contribution is -2.36. The van der Waals surface area contributed by atoms with Crippen LogP contribution in [0.3, 0.4) is 0 Å². The Morgan fingerprint density at radius 1 is 0.962 bits per heavy atom. The zero-order valence-electron chi connectivity index (χ0n) is 14.1. The Hall–Kier alpha value is -2.44. The molecule has 0 aliphatic carbocycles. The summed E-state index contributed by atoms with van der Waals surface area (Å²) in [6.07, 6.45) is 1.95. The van der Waals surface area contributed by atoms with Crippen LogP contribution >= 0.6 is 11.3 Å². The fourth-order valence-electron chi connectivity index (χ4n) is 3.17. The number of hydrogen-bond donors (Lipinski definition) is 0. The SMILES string of the molecule is O=S(=O)(N=C(c1ccccc1)N1CCCc2ccccc21)c1cccs1. The third-order valence-corrected chi connectivity index (χ3v) is 6.99. The van der Waals surface area contributed by atoms with Crippen LogP contribution in [0, 0.1) is 0 Å². The number of anilines is 1. The summed E-state index contributed by atoms with van der Waals surface area (Å²) in [5.74, 6) is 0.478. The number of para-hydroxylation sites is 1. The van der Waals surface area contributed by atoms with Gasteiger partial charge in [0.25, 0.3) is 10.0 Å². The lowest BCUT2D eigenvalue weighted by molar-refractivity contribution is 0.600. The maximum absolute atomic E-state index is 12.8. The summed E-state index contributed by atoms with van der Waals surface area (Å²) in [4.78, 5) is 2.03. The molecule has 26 heavy (non-hydrogen) atoms. The van der Waals surface area contributed by atoms with Gasteiger partial charge in [-0.05, 0) is 35.9 Å². The third kappa shape index (κ3) is 3.30. The number of fused-ring (bicyclic) bond motifs is 1. The molecule has 3 aromatic rings. The molecule has 0 fully saturated rings. The first-order valence-corrected chi connectivity index (χ1v) is 10.8. The van der Waals surface area contributed by atoms with Gasteiger partial charge in [-0.2, -0.15) is 8.42 Å². The first-order chi connectivity index (χ1) is 12.6. The van der Waals surface area contributed by atoms with Crippen LogP contribution in [-0.2, 0) is 16.4 Å². The van der Waals surface area contributed by atoms with Crippen molar-refractivity contribution in [3.8, 4) is 0 Å². The minimum atomic E-state index is -3.75. The Morgan fingerprint density at radius 2 is 1.73 bits per heavy atom. The van der Waals surface area contributed by atoms with E-state index in [9.17, 15) is 8.42 Å². The lowest BCUT2D eigenvalue weighted by Gasteiger charge is -2.32. The molecule has 1 aromatic heterocycles. The number of thiophene rings is 1. The van der Waals surface area contributed by atoms with Crippen molar-refractivity contribution < 1.29 is 8.42 Å². The lowest BCUT2D eigenvalue weighted by atomic mass is 10.0. The molecule has 0 atom stereocenters. The van der Waals surface area contributed by atoms with Gasteiger partial charge in [-0.15, -0.1) is 15.7 Å². The van der Waals surface area contributed by atoms with Gasteiger partial charge in [-0.25, -0.2) is 0 Å². The van der Waals surface area contributed by atoms with Gasteiger partial charge >= 0.3 is 0 Å². The molecule has 2 heterocycles. The molecule has 0 unspecified atom stereocenters. The summed E-state index contributed by atoms with van der Waals surface area (Å²) in [5.41, 5.74) is 3.04. The van der Waals surface area contributed by atoms with E-state index < -0.39 is 10.0 Å². The Morgan fingerprint density at radius 3 is 2.50 bits per heavy atom. The van der Waals surface area contributed by atoms with Crippen LogP contribution in [0.25, 0.3) is 0 Å². The monoisotopic (exact) mass is 382 g/mol. The molecule has 0 bridgehead atoms. The van der Waals surface area contributed by atoms with Crippen molar-refractivity contribution in [2.45, 2.75) is 17.1 Å². The molecule has 1 aliphatic heterocycles. The Bertz CT molecular complexity index is 1030. The topological polar surface area (TPSA) is 49.7 Å². The highest BCUT2D eigenvalue weighted by atomic mass is 32.2. The van der Waals surface area contributed by atoms with E-state index in [-0.39, 0.29) is 4.21 Å². The van der Waals surface area contributed by atoms with E-state index in [0.717, 1.165) is 30.6 Å². The van der Waals surface area contributed by atoms with Crippen LogP contribution < -0.4 is 4.90 Å². The van der Waals surface area contributed by atoms with E-state index in [2.05, 4.69) is 10.5 Å². The van der Waals surface area contributed by atoms with E-state index in [0.29, 0.717) is 5.84 Å². The standard InChI is InChI=1S/C20H18N2O2S2/c23-26(24,19-13-7-15-25-19)21-20(17-9-2-1-3-10-17)22-14-6-11-16-8-4-5-12-18(16)22/h1-5,7-10,12-13,15H,6,11,14H2. The molecule has 2 aromatic carbocycles. The van der Waals surface area contributed by atoms with E-state index >= 15 is 0 Å². The number of rotatable bonds is 3. The molecule has 4 nitrogen and oxygen atoms in total. The van der Waals surface area contributed by atoms with Gasteiger partial charge in [-0.3, -0.25) is 0 Å². The van der Waals surface area contributed by atoms with E-state index in [1.807, 2.05) is 53.4 Å². The van der Waals surface area contributed by atoms with Crippen LogP contribution in [0.1, 0.15) is 17.5 Å². The largest absolute Gasteiger partial charge is 0.325 e. The highest BCUT2D eigenvalue weighted by Gasteiger charge is 2.25. The quantitative estimate of drug-likeness (QED) is 0.500. The minimum absolute atomic E-state index is 0.260. The number of aryl methyl sites for hydroxylation is 1. The van der Waals surface area contributed by atoms with Gasteiger partial charge < -0.3 is 4.90 Å². The summed E-state index contributed by atoms with van der Waals surface area (Å²) in [6.45, 7) is 0.741. The molecule has 0 saturated heterocycles. The van der Waals surface area contributed by atoms with Crippen molar-refractivity contribution in [1.82, 2.24) is 0 Å². The molecular weight excluding hydrogens is 364 g/mol. The molecular formula is C20H18N2O2S2. The van der Waals surface area contributed by atoms with Crippen LogP contribution in [-0.4, -0.2) is 20.8 Å². The van der Waals surface area contributed by atoms with E-state index in [4.69, 9.17) is 0 Å². The molecule has 132 valence electrons. The van der Waals surface area contributed by atoms with Crippen molar-refractivity contribution in [2.75, 3.05) is 11.4 Å². The van der Waals surface area contributed by atoms with Crippen LogP contribution in [0.5, 0.6) is 0 Å². The summed E-state index contributed by atoms with van der Waals surface area (Å²) >= 11 is 1.19. The van der Waals surface area contributed by atoms with Gasteiger partial charge in [0.2, 0.25) is 0 Å². The second kappa shape index (κ2) is 7.05. The van der Waals surface area contributed by atoms with Gasteiger partial charge in [0, 0.05) is 17.8 Å². The Labute approximate surface area is 157 Å². The van der Waals surface area contributed by atoms with Crippen LogP contribution in [0.15, 0.2) is 80.7 Å². The zero-order valence-corrected chi connectivity index (χ0v) is 15.7. The number of amidine groups is 1. The van der Waals surface area contributed by atoms with Crippen LogP contribution in [0.2, 0.25) is 0 Å². The van der Waals surface area contributed by atoms with Gasteiger partial charge in [0.05, 0.1) is 0 Å². The average molecular weight is 383 g/mol. The fourth-order valence-corrected chi connectivity index (χ4v) is 5.15. The van der Waals surface area contributed by atoms with Crippen molar-refractivity contribution in [3.05, 3.63) is 83.2 Å². The first kappa shape index (κ1) is 17.0. The third-order valence-electron chi connectivity index (χ3n) is 4.35. The number of benzene rings is 2. The first-order valence-electron chi connectivity index (χ1n) is 8.44. The predicted octanol–water partition coefficient (Wildman–Crippen LogP) is 4.34. The van der Waals surface area contributed by atoms with Gasteiger partial charge in [-0.1, -0.05) is 54.6 Å². The molecule has 6 heteroatoms. The molecule has 0 amide bonds. The van der Waals surface area contributed by atoms with Crippen molar-refractivity contribution >= 4 is 32.9 Å². The number of nitrogens with zero attached hydrogens (tertiary/aromatic N) is 2. The van der Waals surface area contributed by atoms with Gasteiger partial charge in [0.1, 0.15) is 4.21 Å². The molecule has 0 saturated carbocycles. The summed E-state index contributed by atoms with van der Waals surface area (Å²) in [7, 11) is -3.75. The molecule has 0 N–H and O–H groups in total. The average Bonchev–Trinajstić information content (AvgIpc) is 3.22. The maximum Gasteiger partial charge on any atom is 0.293 e. The fraction of sp³-hybridized carbons (Fsp3) is 0.150. The van der Waals surface area contributed by atoms with Crippen molar-refractivity contribution in [1.29, 1.82) is 0 Å². The van der Waals surface area contributed by atoms with E-state index in [1.54, 1.807) is 17.5 Å². The van der Waals surface area contributed by atoms with Crippen LogP contribution in [0.4, 0.5) is 5.69 Å². The zero-order chi connectivity index (χ0) is 18.0. The molecule has 0 spiro atoms. The van der Waals surface area contributed by atoms with E-state index in [1.165, 1.54) is 16.9 Å². The van der Waals surface area contributed by atoms with Crippen molar-refractivity contribution in [3.63, 3.8) is 0 Å². The smallest absolute Gasteiger partial charge is 0.293 e. The molecule has 4 rings (SSSR count). The van der Waals surface area contributed by atoms with Crippen molar-refractivity contribution in [2.24, 2.45) is 4.40 Å². The predicted molar refractivity (Wildman–Crippen MR) is 107 cm³/mol. The minimum Gasteiger partial charge on any atom is -0.325 e. The summed E-state index contributed by atoms with van der Waals surface area (Å²) < 4.78 is 30.2. The second-order valence-electron chi connectivity index (χ2n) is 6.07. The molecule has 1 aliphatic rings. The number of hydrogen-bond acceptors (Lipinski definition) is 3.